The summed E-state index contributed by atoms with van der Waals surface area (Å²) in [7, 11) is 0. The lowest BCUT2D eigenvalue weighted by Gasteiger charge is -2.03. The number of aliphatic hydroxyl groups is 2. The van der Waals surface area contributed by atoms with Crippen molar-refractivity contribution < 1.29 is 10.2 Å². The van der Waals surface area contributed by atoms with Crippen molar-refractivity contribution in [2.24, 2.45) is 0 Å². The Morgan fingerprint density at radius 2 is 2.10 bits per heavy atom. The largest absolute Gasteiger partial charge is 0.393 e. The molecule has 0 rings (SSSR count). The van der Waals surface area contributed by atoms with Crippen molar-refractivity contribution in [3.05, 3.63) is 12.2 Å². The highest BCUT2D eigenvalue weighted by atomic mass is 16.3. The molecule has 0 amide bonds. The Balaban J connectivity index is 3.20. The summed E-state index contributed by atoms with van der Waals surface area (Å²) in [6.45, 7) is 2.11. The molecule has 60 valence electrons. The molecule has 0 aliphatic carbocycles. The molecular weight excluding hydrogens is 128 g/mol. The summed E-state index contributed by atoms with van der Waals surface area (Å²) < 4.78 is 0. The zero-order valence-corrected chi connectivity index (χ0v) is 6.45. The summed E-state index contributed by atoms with van der Waals surface area (Å²) in [5.41, 5.74) is 0. The van der Waals surface area contributed by atoms with Crippen LogP contribution in [-0.2, 0) is 0 Å². The average molecular weight is 144 g/mol. The van der Waals surface area contributed by atoms with Gasteiger partial charge < -0.3 is 10.2 Å². The second-order valence-corrected chi connectivity index (χ2v) is 2.33. The first-order chi connectivity index (χ1) is 4.81. The molecule has 0 saturated carbocycles. The highest BCUT2D eigenvalue weighted by molar-refractivity contribution is 4.83. The average Bonchev–Trinajstić information content (AvgIpc) is 1.89. The predicted molar refractivity (Wildman–Crippen MR) is 41.8 cm³/mol. The fourth-order valence-corrected chi connectivity index (χ4v) is 0.779. The molecule has 2 nitrogen and oxygen atoms in total. The molecule has 1 atom stereocenters. The van der Waals surface area contributed by atoms with Gasteiger partial charge in [0.15, 0.2) is 0 Å². The summed E-state index contributed by atoms with van der Waals surface area (Å²) in [5, 5.41) is 17.5. The highest BCUT2D eigenvalue weighted by Gasteiger charge is 1.97. The van der Waals surface area contributed by atoms with Gasteiger partial charge in [-0.15, -0.1) is 0 Å². The molecule has 0 aromatic carbocycles. The van der Waals surface area contributed by atoms with Crippen molar-refractivity contribution >= 4 is 0 Å². The van der Waals surface area contributed by atoms with Crippen molar-refractivity contribution in [3.63, 3.8) is 0 Å². The lowest BCUT2D eigenvalue weighted by molar-refractivity contribution is 0.166. The van der Waals surface area contributed by atoms with Crippen LogP contribution in [0.3, 0.4) is 0 Å². The van der Waals surface area contributed by atoms with E-state index in [1.807, 2.05) is 6.92 Å². The summed E-state index contributed by atoms with van der Waals surface area (Å²) in [6.07, 6.45) is 5.74. The molecule has 0 spiro atoms. The zero-order chi connectivity index (χ0) is 7.82. The van der Waals surface area contributed by atoms with E-state index in [9.17, 15) is 0 Å². The standard InChI is InChI=1S/C8H16O2/c1-2-5-8(10)6-3-4-7-9/h3-4,8-10H,2,5-7H2,1H3/b4-3-/t8-/m0/s1. The molecular formula is C8H16O2. The van der Waals surface area contributed by atoms with Gasteiger partial charge >= 0.3 is 0 Å². The van der Waals surface area contributed by atoms with Crippen molar-refractivity contribution in [1.82, 2.24) is 0 Å². The van der Waals surface area contributed by atoms with E-state index in [1.54, 1.807) is 12.2 Å². The predicted octanol–water partition coefficient (Wildman–Crippen LogP) is 1.09. The number of hydrogen-bond donors (Lipinski definition) is 2. The third-order valence-electron chi connectivity index (χ3n) is 1.30. The van der Waals surface area contributed by atoms with Crippen LogP contribution in [-0.4, -0.2) is 22.9 Å². The molecule has 0 aromatic rings. The third-order valence-corrected chi connectivity index (χ3v) is 1.30. The molecule has 0 bridgehead atoms. The van der Waals surface area contributed by atoms with Gasteiger partial charge in [0.2, 0.25) is 0 Å². The van der Waals surface area contributed by atoms with Crippen LogP contribution in [0, 0.1) is 0 Å². The van der Waals surface area contributed by atoms with E-state index in [1.165, 1.54) is 0 Å². The normalized spacial score (nSPS) is 14.3. The Bertz CT molecular complexity index is 89.3. The van der Waals surface area contributed by atoms with E-state index in [0.29, 0.717) is 6.42 Å². The van der Waals surface area contributed by atoms with Crippen molar-refractivity contribution in [2.75, 3.05) is 6.61 Å². The topological polar surface area (TPSA) is 40.5 Å². The van der Waals surface area contributed by atoms with Crippen LogP contribution >= 0.6 is 0 Å². The lowest BCUT2D eigenvalue weighted by Crippen LogP contribution is -2.03. The molecule has 0 heterocycles. The molecule has 0 radical (unpaired) electrons. The first-order valence-corrected chi connectivity index (χ1v) is 3.75. The quantitative estimate of drug-likeness (QED) is 0.567. The first kappa shape index (κ1) is 9.66. The monoisotopic (exact) mass is 144 g/mol. The maximum Gasteiger partial charge on any atom is 0.0612 e. The van der Waals surface area contributed by atoms with E-state index in [0.717, 1.165) is 12.8 Å². The van der Waals surface area contributed by atoms with E-state index in [4.69, 9.17) is 10.2 Å². The van der Waals surface area contributed by atoms with Crippen LogP contribution in [0.2, 0.25) is 0 Å². The third kappa shape index (κ3) is 5.79. The molecule has 0 unspecified atom stereocenters. The van der Waals surface area contributed by atoms with Gasteiger partial charge in [-0.3, -0.25) is 0 Å². The van der Waals surface area contributed by atoms with Gasteiger partial charge in [-0.25, -0.2) is 0 Å². The highest BCUT2D eigenvalue weighted by Crippen LogP contribution is 2.00. The minimum atomic E-state index is -0.229. The van der Waals surface area contributed by atoms with Crippen LogP contribution in [0.25, 0.3) is 0 Å². The van der Waals surface area contributed by atoms with Gasteiger partial charge in [0.25, 0.3) is 0 Å². The van der Waals surface area contributed by atoms with Gasteiger partial charge in [0.05, 0.1) is 12.7 Å². The molecule has 0 aliphatic rings. The fourth-order valence-electron chi connectivity index (χ4n) is 0.779. The van der Waals surface area contributed by atoms with E-state index >= 15 is 0 Å². The Hall–Kier alpha value is -0.340. The molecule has 2 N–H and O–H groups in total. The molecule has 0 aliphatic heterocycles. The van der Waals surface area contributed by atoms with Gasteiger partial charge in [-0.05, 0) is 12.8 Å². The number of rotatable bonds is 5. The van der Waals surface area contributed by atoms with Gasteiger partial charge in [0.1, 0.15) is 0 Å². The summed E-state index contributed by atoms with van der Waals surface area (Å²) in [6, 6.07) is 0. The van der Waals surface area contributed by atoms with Gasteiger partial charge in [0, 0.05) is 0 Å². The maximum absolute atomic E-state index is 9.14. The lowest BCUT2D eigenvalue weighted by atomic mass is 10.1. The van der Waals surface area contributed by atoms with E-state index < -0.39 is 0 Å². The SMILES string of the molecule is CCC[C@H](O)C/C=C\CO. The van der Waals surface area contributed by atoms with E-state index in [-0.39, 0.29) is 12.7 Å². The van der Waals surface area contributed by atoms with Gasteiger partial charge in [-0.1, -0.05) is 25.5 Å². The summed E-state index contributed by atoms with van der Waals surface area (Å²) in [5.74, 6) is 0. The van der Waals surface area contributed by atoms with Crippen LogP contribution in [0.1, 0.15) is 26.2 Å². The first-order valence-electron chi connectivity index (χ1n) is 3.75. The van der Waals surface area contributed by atoms with Crippen molar-refractivity contribution in [1.29, 1.82) is 0 Å². The van der Waals surface area contributed by atoms with E-state index in [2.05, 4.69) is 0 Å². The summed E-state index contributed by atoms with van der Waals surface area (Å²) in [4.78, 5) is 0. The van der Waals surface area contributed by atoms with Crippen LogP contribution in [0.4, 0.5) is 0 Å². The number of aliphatic hydroxyl groups excluding tert-OH is 2. The second kappa shape index (κ2) is 6.78. The van der Waals surface area contributed by atoms with Crippen molar-refractivity contribution in [2.45, 2.75) is 32.3 Å². The number of hydrogen-bond acceptors (Lipinski definition) is 2. The molecule has 0 fully saturated rings. The van der Waals surface area contributed by atoms with Crippen molar-refractivity contribution in [3.8, 4) is 0 Å². The fraction of sp³-hybridized carbons (Fsp3) is 0.750. The summed E-state index contributed by atoms with van der Waals surface area (Å²) >= 11 is 0. The second-order valence-electron chi connectivity index (χ2n) is 2.33. The Labute approximate surface area is 62.2 Å². The van der Waals surface area contributed by atoms with Crippen LogP contribution in [0.15, 0.2) is 12.2 Å². The Kier molecular flexibility index (Phi) is 6.55. The Morgan fingerprint density at radius 1 is 1.40 bits per heavy atom. The molecule has 0 aromatic heterocycles. The maximum atomic E-state index is 9.14. The molecule has 0 saturated heterocycles. The molecule has 10 heavy (non-hydrogen) atoms. The molecule has 2 heteroatoms. The smallest absolute Gasteiger partial charge is 0.0612 e. The minimum absolute atomic E-state index is 0.0683. The minimum Gasteiger partial charge on any atom is -0.393 e. The Morgan fingerprint density at radius 3 is 2.60 bits per heavy atom. The van der Waals surface area contributed by atoms with Gasteiger partial charge in [-0.2, -0.15) is 0 Å². The van der Waals surface area contributed by atoms with Crippen LogP contribution in [0.5, 0.6) is 0 Å². The van der Waals surface area contributed by atoms with Crippen LogP contribution < -0.4 is 0 Å². The zero-order valence-electron chi connectivity index (χ0n) is 6.45.